The molecule has 2 amide bonds. The molecule has 0 bridgehead atoms. The Kier molecular flexibility index (Phi) is 9.36. The largest absolute Gasteiger partial charge is 0.350 e. The van der Waals surface area contributed by atoms with E-state index in [1.807, 2.05) is 46.8 Å². The summed E-state index contributed by atoms with van der Waals surface area (Å²) in [6, 6.07) is 11.7. The first-order valence-electron chi connectivity index (χ1n) is 11.5. The summed E-state index contributed by atoms with van der Waals surface area (Å²) in [5.41, 5.74) is 2.20. The third-order valence-electron chi connectivity index (χ3n) is 5.50. The molecule has 0 spiro atoms. The van der Waals surface area contributed by atoms with E-state index in [-0.39, 0.29) is 12.5 Å². The number of hydrogen-bond acceptors (Lipinski definition) is 4. The van der Waals surface area contributed by atoms with Crippen molar-refractivity contribution in [3.05, 3.63) is 64.2 Å². The molecule has 0 radical (unpaired) electrons. The maximum Gasteiger partial charge on any atom is 0.244 e. The van der Waals surface area contributed by atoms with Gasteiger partial charge in [-0.1, -0.05) is 48.9 Å². The van der Waals surface area contributed by atoms with E-state index in [1.54, 1.807) is 37.3 Å². The minimum absolute atomic E-state index is 0.0684. The third-order valence-corrected chi connectivity index (χ3v) is 6.99. The van der Waals surface area contributed by atoms with Crippen LogP contribution in [-0.2, 0) is 26.2 Å². The number of nitrogens with zero attached hydrogens (tertiary/aromatic N) is 2. The molecule has 0 heterocycles. The minimum atomic E-state index is -3.79. The first-order valence-corrected chi connectivity index (χ1v) is 13.8. The first kappa shape index (κ1) is 28.7. The third kappa shape index (κ3) is 7.97. The summed E-state index contributed by atoms with van der Waals surface area (Å²) in [4.78, 5) is 28.4. The lowest BCUT2D eigenvalue weighted by Crippen LogP contribution is -2.55. The molecule has 0 unspecified atom stereocenters. The van der Waals surface area contributed by atoms with E-state index in [1.165, 1.54) is 4.90 Å². The smallest absolute Gasteiger partial charge is 0.244 e. The van der Waals surface area contributed by atoms with Crippen molar-refractivity contribution < 1.29 is 18.0 Å². The lowest BCUT2D eigenvalue weighted by atomic mass is 10.1. The van der Waals surface area contributed by atoms with Crippen molar-refractivity contribution in [1.29, 1.82) is 0 Å². The highest BCUT2D eigenvalue weighted by Gasteiger charge is 2.33. The van der Waals surface area contributed by atoms with Crippen LogP contribution in [0.25, 0.3) is 0 Å². The number of aryl methyl sites for hydroxylation is 2. The van der Waals surface area contributed by atoms with E-state index in [0.29, 0.717) is 22.7 Å². The van der Waals surface area contributed by atoms with Crippen molar-refractivity contribution >= 4 is 39.1 Å². The van der Waals surface area contributed by atoms with Crippen LogP contribution in [0.15, 0.2) is 42.5 Å². The molecule has 9 heteroatoms. The standard InChI is InChI=1S/C26H36ClN3O4S/c1-8-22(25(32)28-26(4,5)6)29(16-20-11-9-10-12-21(20)27)24(31)17-30(35(7,33)34)23-15-18(2)13-14-19(23)3/h9-15,22H,8,16-17H2,1-7H3,(H,28,32)/t22-/m1/s1. The van der Waals surface area contributed by atoms with Gasteiger partial charge in [-0.2, -0.15) is 0 Å². The first-order chi connectivity index (χ1) is 16.1. The number of rotatable bonds is 9. The van der Waals surface area contributed by atoms with Crippen molar-refractivity contribution in [3.8, 4) is 0 Å². The van der Waals surface area contributed by atoms with Crippen LogP contribution < -0.4 is 9.62 Å². The van der Waals surface area contributed by atoms with E-state index in [9.17, 15) is 18.0 Å². The molecule has 2 aromatic carbocycles. The van der Waals surface area contributed by atoms with Crippen molar-refractivity contribution in [1.82, 2.24) is 10.2 Å². The Hall–Kier alpha value is -2.58. The highest BCUT2D eigenvalue weighted by atomic mass is 35.5. The fourth-order valence-electron chi connectivity index (χ4n) is 3.77. The van der Waals surface area contributed by atoms with Crippen molar-refractivity contribution in [3.63, 3.8) is 0 Å². The van der Waals surface area contributed by atoms with Gasteiger partial charge in [-0.15, -0.1) is 0 Å². The summed E-state index contributed by atoms with van der Waals surface area (Å²) in [7, 11) is -3.79. The van der Waals surface area contributed by atoms with Crippen LogP contribution in [0.5, 0.6) is 0 Å². The van der Waals surface area contributed by atoms with Gasteiger partial charge in [0.15, 0.2) is 0 Å². The molecule has 2 rings (SSSR count). The second-order valence-electron chi connectivity index (χ2n) is 9.84. The molecule has 192 valence electrons. The fourth-order valence-corrected chi connectivity index (χ4v) is 4.86. The van der Waals surface area contributed by atoms with E-state index >= 15 is 0 Å². The van der Waals surface area contributed by atoms with Gasteiger partial charge >= 0.3 is 0 Å². The van der Waals surface area contributed by atoms with Gasteiger partial charge in [0.2, 0.25) is 21.8 Å². The predicted molar refractivity (Wildman–Crippen MR) is 142 cm³/mol. The van der Waals surface area contributed by atoms with Gasteiger partial charge < -0.3 is 10.2 Å². The SMILES string of the molecule is CC[C@H](C(=O)NC(C)(C)C)N(Cc1ccccc1Cl)C(=O)CN(c1cc(C)ccc1C)S(C)(=O)=O. The van der Waals surface area contributed by atoms with Crippen molar-refractivity contribution in [2.45, 2.75) is 66.1 Å². The number of carbonyl (C=O) groups is 2. The Labute approximate surface area is 214 Å². The Morgan fingerprint density at radius 3 is 2.26 bits per heavy atom. The van der Waals surface area contributed by atoms with Gasteiger partial charge in [-0.05, 0) is 69.9 Å². The summed E-state index contributed by atoms with van der Waals surface area (Å²) < 4.78 is 26.7. The topological polar surface area (TPSA) is 86.8 Å². The molecule has 0 aliphatic rings. The zero-order chi connectivity index (χ0) is 26.6. The van der Waals surface area contributed by atoms with Crippen LogP contribution in [0.2, 0.25) is 5.02 Å². The van der Waals surface area contributed by atoms with Crippen LogP contribution >= 0.6 is 11.6 Å². The Morgan fingerprint density at radius 1 is 1.09 bits per heavy atom. The molecule has 7 nitrogen and oxygen atoms in total. The molecular weight excluding hydrogens is 486 g/mol. The van der Waals surface area contributed by atoms with E-state index in [0.717, 1.165) is 21.7 Å². The van der Waals surface area contributed by atoms with Crippen LogP contribution in [0.4, 0.5) is 5.69 Å². The van der Waals surface area contributed by atoms with E-state index in [2.05, 4.69) is 5.32 Å². The van der Waals surface area contributed by atoms with E-state index < -0.39 is 34.1 Å². The van der Waals surface area contributed by atoms with Gasteiger partial charge in [0.1, 0.15) is 12.6 Å². The number of nitrogens with one attached hydrogen (secondary N) is 1. The number of hydrogen-bond donors (Lipinski definition) is 1. The van der Waals surface area contributed by atoms with Crippen LogP contribution in [0.1, 0.15) is 50.8 Å². The monoisotopic (exact) mass is 521 g/mol. The molecule has 0 saturated carbocycles. The van der Waals surface area contributed by atoms with Gasteiger partial charge in [0.05, 0.1) is 11.9 Å². The number of benzene rings is 2. The number of sulfonamides is 1. The van der Waals surface area contributed by atoms with Gasteiger partial charge in [0.25, 0.3) is 0 Å². The molecule has 35 heavy (non-hydrogen) atoms. The van der Waals surface area contributed by atoms with Crippen LogP contribution in [-0.4, -0.2) is 49.5 Å². The normalized spacial score (nSPS) is 12.7. The molecule has 0 aliphatic carbocycles. The molecule has 0 aromatic heterocycles. The number of carbonyl (C=O) groups excluding carboxylic acids is 2. The van der Waals surface area contributed by atoms with Crippen LogP contribution in [0.3, 0.4) is 0 Å². The Bertz CT molecular complexity index is 1180. The second-order valence-corrected chi connectivity index (χ2v) is 12.1. The summed E-state index contributed by atoms with van der Waals surface area (Å²) in [6.07, 6.45) is 1.42. The maximum atomic E-state index is 13.8. The molecule has 0 fully saturated rings. The highest BCUT2D eigenvalue weighted by molar-refractivity contribution is 7.92. The van der Waals surface area contributed by atoms with Crippen molar-refractivity contribution in [2.24, 2.45) is 0 Å². The number of halogens is 1. The molecule has 1 N–H and O–H groups in total. The fraction of sp³-hybridized carbons (Fsp3) is 0.462. The second kappa shape index (κ2) is 11.4. The zero-order valence-corrected chi connectivity index (χ0v) is 23.1. The lowest BCUT2D eigenvalue weighted by molar-refractivity contribution is -0.141. The van der Waals surface area contributed by atoms with Gasteiger partial charge in [-0.25, -0.2) is 8.42 Å². The van der Waals surface area contributed by atoms with Gasteiger partial charge in [-0.3, -0.25) is 13.9 Å². The van der Waals surface area contributed by atoms with Crippen LogP contribution in [0, 0.1) is 13.8 Å². The van der Waals surface area contributed by atoms with Crippen molar-refractivity contribution in [2.75, 3.05) is 17.1 Å². The summed E-state index contributed by atoms with van der Waals surface area (Å²) in [5.74, 6) is -0.801. The number of amides is 2. The molecule has 2 aromatic rings. The molecule has 1 atom stereocenters. The average molecular weight is 522 g/mol. The lowest BCUT2D eigenvalue weighted by Gasteiger charge is -2.35. The summed E-state index contributed by atoms with van der Waals surface area (Å²) in [6.45, 7) is 10.7. The Balaban J connectivity index is 2.52. The molecule has 0 saturated heterocycles. The Morgan fingerprint density at radius 2 is 1.71 bits per heavy atom. The van der Waals surface area contributed by atoms with Gasteiger partial charge in [0, 0.05) is 17.1 Å². The minimum Gasteiger partial charge on any atom is -0.350 e. The zero-order valence-electron chi connectivity index (χ0n) is 21.6. The van der Waals surface area contributed by atoms with E-state index in [4.69, 9.17) is 11.6 Å². The summed E-state index contributed by atoms with van der Waals surface area (Å²) in [5, 5.41) is 3.40. The molecular formula is C26H36ClN3O4S. The maximum absolute atomic E-state index is 13.8. The predicted octanol–water partition coefficient (Wildman–Crippen LogP) is 4.44. The highest BCUT2D eigenvalue weighted by Crippen LogP contribution is 2.25. The number of anilines is 1. The summed E-state index contributed by atoms with van der Waals surface area (Å²) >= 11 is 6.37. The average Bonchev–Trinajstić information content (AvgIpc) is 2.73. The quantitative estimate of drug-likeness (QED) is 0.528. The molecule has 0 aliphatic heterocycles.